The van der Waals surface area contributed by atoms with Crippen molar-refractivity contribution in [2.75, 3.05) is 5.32 Å². The first kappa shape index (κ1) is 11.0. The Morgan fingerprint density at radius 1 is 1.29 bits per heavy atom. The van der Waals surface area contributed by atoms with Crippen LogP contribution in [0.2, 0.25) is 0 Å². The molecule has 2 aromatic heterocycles. The van der Waals surface area contributed by atoms with Crippen molar-refractivity contribution in [1.82, 2.24) is 15.0 Å². The van der Waals surface area contributed by atoms with E-state index in [2.05, 4.69) is 20.3 Å². The van der Waals surface area contributed by atoms with E-state index in [4.69, 9.17) is 5.26 Å². The molecule has 0 saturated carbocycles. The van der Waals surface area contributed by atoms with Gasteiger partial charge in [0, 0.05) is 5.69 Å². The van der Waals surface area contributed by atoms with Gasteiger partial charge in [-0.2, -0.15) is 5.26 Å². The van der Waals surface area contributed by atoms with E-state index >= 15 is 0 Å². The number of pyridine rings is 1. The van der Waals surface area contributed by atoms with E-state index in [1.54, 1.807) is 0 Å². The average molecular weight is 225 g/mol. The smallest absolute Gasteiger partial charge is 0.222 e. The molecule has 0 aromatic carbocycles. The monoisotopic (exact) mass is 225 g/mol. The van der Waals surface area contributed by atoms with E-state index < -0.39 is 0 Å². The fourth-order valence-corrected chi connectivity index (χ4v) is 1.34. The molecule has 0 saturated heterocycles. The fourth-order valence-electron chi connectivity index (χ4n) is 1.34. The van der Waals surface area contributed by atoms with Crippen LogP contribution in [0.4, 0.5) is 5.95 Å². The van der Waals surface area contributed by atoms with Crippen molar-refractivity contribution in [1.29, 1.82) is 5.26 Å². The predicted octanol–water partition coefficient (Wildman–Crippen LogP) is 1.66. The molecule has 0 aliphatic heterocycles. The number of aryl methyl sites for hydroxylation is 1. The first-order valence-corrected chi connectivity index (χ1v) is 5.16. The number of anilines is 1. The number of nitrogens with one attached hydrogen (secondary N) is 1. The molecule has 0 fully saturated rings. The summed E-state index contributed by atoms with van der Waals surface area (Å²) in [5, 5.41) is 11.7. The molecule has 0 aliphatic carbocycles. The Hall–Kier alpha value is -2.48. The number of nitrogens with zero attached hydrogens (tertiary/aromatic N) is 4. The zero-order valence-corrected chi connectivity index (χ0v) is 9.38. The molecule has 0 amide bonds. The molecule has 84 valence electrons. The Kier molecular flexibility index (Phi) is 3.26. The summed E-state index contributed by atoms with van der Waals surface area (Å²) in [6.45, 7) is 2.51. The highest BCUT2D eigenvalue weighted by Gasteiger charge is 1.98. The van der Waals surface area contributed by atoms with E-state index in [1.807, 2.05) is 31.2 Å². The summed E-state index contributed by atoms with van der Waals surface area (Å²) in [7, 11) is 0. The van der Waals surface area contributed by atoms with Crippen LogP contribution in [0.15, 0.2) is 30.6 Å². The third kappa shape index (κ3) is 2.98. The van der Waals surface area contributed by atoms with Crippen molar-refractivity contribution in [2.45, 2.75) is 13.5 Å². The summed E-state index contributed by atoms with van der Waals surface area (Å²) in [5.41, 5.74) is 2.35. The van der Waals surface area contributed by atoms with Crippen molar-refractivity contribution in [2.24, 2.45) is 0 Å². The van der Waals surface area contributed by atoms with Crippen LogP contribution in [-0.4, -0.2) is 15.0 Å². The molecule has 0 unspecified atom stereocenters. The lowest BCUT2D eigenvalue weighted by Gasteiger charge is -2.04. The standard InChI is InChI=1S/C12H11N5/c1-9-3-2-4-11(17-9)8-16-12-14-6-10(5-13)7-15-12/h2-4,6-7H,8H2,1H3,(H,14,15,16). The van der Waals surface area contributed by atoms with Gasteiger partial charge >= 0.3 is 0 Å². The van der Waals surface area contributed by atoms with Crippen molar-refractivity contribution in [3.63, 3.8) is 0 Å². The third-order valence-electron chi connectivity index (χ3n) is 2.15. The van der Waals surface area contributed by atoms with Crippen LogP contribution in [0.1, 0.15) is 17.0 Å². The normalized spacial score (nSPS) is 9.65. The molecule has 5 nitrogen and oxygen atoms in total. The minimum Gasteiger partial charge on any atom is -0.349 e. The van der Waals surface area contributed by atoms with Crippen molar-refractivity contribution in [3.05, 3.63) is 47.5 Å². The van der Waals surface area contributed by atoms with E-state index in [9.17, 15) is 0 Å². The predicted molar refractivity (Wildman–Crippen MR) is 63.0 cm³/mol. The van der Waals surface area contributed by atoms with Gasteiger partial charge in [-0.25, -0.2) is 9.97 Å². The van der Waals surface area contributed by atoms with Crippen LogP contribution in [-0.2, 0) is 6.54 Å². The summed E-state index contributed by atoms with van der Waals surface area (Å²) in [6, 6.07) is 7.81. The molecular weight excluding hydrogens is 214 g/mol. The van der Waals surface area contributed by atoms with E-state index in [-0.39, 0.29) is 0 Å². The first-order valence-electron chi connectivity index (χ1n) is 5.16. The van der Waals surface area contributed by atoms with Gasteiger partial charge < -0.3 is 5.32 Å². The highest BCUT2D eigenvalue weighted by atomic mass is 15.1. The Balaban J connectivity index is 2.00. The van der Waals surface area contributed by atoms with Gasteiger partial charge in [0.2, 0.25) is 5.95 Å². The molecule has 0 aliphatic rings. The molecule has 2 rings (SSSR count). The first-order chi connectivity index (χ1) is 8.28. The molecule has 0 radical (unpaired) electrons. The molecule has 17 heavy (non-hydrogen) atoms. The van der Waals surface area contributed by atoms with Gasteiger partial charge in [0.05, 0.1) is 30.2 Å². The van der Waals surface area contributed by atoms with Crippen LogP contribution >= 0.6 is 0 Å². The number of rotatable bonds is 3. The summed E-state index contributed by atoms with van der Waals surface area (Å²) in [5.74, 6) is 0.493. The lowest BCUT2D eigenvalue weighted by Crippen LogP contribution is -2.05. The molecule has 0 bridgehead atoms. The van der Waals surface area contributed by atoms with Crippen molar-refractivity contribution >= 4 is 5.95 Å². The highest BCUT2D eigenvalue weighted by Crippen LogP contribution is 2.03. The second-order valence-corrected chi connectivity index (χ2v) is 3.53. The lowest BCUT2D eigenvalue weighted by atomic mass is 10.3. The maximum absolute atomic E-state index is 8.61. The van der Waals surface area contributed by atoms with Crippen LogP contribution in [0, 0.1) is 18.3 Å². The second-order valence-electron chi connectivity index (χ2n) is 3.53. The van der Waals surface area contributed by atoms with Crippen LogP contribution in [0.25, 0.3) is 0 Å². The number of nitriles is 1. The van der Waals surface area contributed by atoms with Crippen molar-refractivity contribution in [3.8, 4) is 6.07 Å². The summed E-state index contributed by atoms with van der Waals surface area (Å²) < 4.78 is 0. The van der Waals surface area contributed by atoms with E-state index in [0.717, 1.165) is 11.4 Å². The summed E-state index contributed by atoms with van der Waals surface area (Å²) in [4.78, 5) is 12.4. The molecular formula is C12H11N5. The summed E-state index contributed by atoms with van der Waals surface area (Å²) in [6.07, 6.45) is 2.97. The SMILES string of the molecule is Cc1cccc(CNc2ncc(C#N)cn2)n1. The molecule has 1 N–H and O–H groups in total. The zero-order valence-electron chi connectivity index (χ0n) is 9.38. The maximum Gasteiger partial charge on any atom is 0.222 e. The third-order valence-corrected chi connectivity index (χ3v) is 2.15. The lowest BCUT2D eigenvalue weighted by molar-refractivity contribution is 0.982. The largest absolute Gasteiger partial charge is 0.349 e. The molecule has 0 atom stereocenters. The second kappa shape index (κ2) is 5.03. The Morgan fingerprint density at radius 3 is 2.71 bits per heavy atom. The topological polar surface area (TPSA) is 74.5 Å². The average Bonchev–Trinajstić information content (AvgIpc) is 2.37. The van der Waals surface area contributed by atoms with Gasteiger partial charge in [0.15, 0.2) is 0 Å². The number of hydrogen-bond acceptors (Lipinski definition) is 5. The molecule has 2 heterocycles. The van der Waals surface area contributed by atoms with E-state index in [0.29, 0.717) is 18.1 Å². The summed E-state index contributed by atoms with van der Waals surface area (Å²) >= 11 is 0. The van der Waals surface area contributed by atoms with Crippen LogP contribution in [0.5, 0.6) is 0 Å². The van der Waals surface area contributed by atoms with Gasteiger partial charge in [-0.1, -0.05) is 6.07 Å². The number of hydrogen-bond donors (Lipinski definition) is 1. The van der Waals surface area contributed by atoms with Crippen LogP contribution < -0.4 is 5.32 Å². The van der Waals surface area contributed by atoms with E-state index in [1.165, 1.54) is 12.4 Å². The fraction of sp³-hybridized carbons (Fsp3) is 0.167. The molecule has 2 aromatic rings. The Morgan fingerprint density at radius 2 is 2.06 bits per heavy atom. The van der Waals surface area contributed by atoms with Gasteiger partial charge in [0.1, 0.15) is 6.07 Å². The van der Waals surface area contributed by atoms with Gasteiger partial charge in [-0.15, -0.1) is 0 Å². The van der Waals surface area contributed by atoms with Crippen molar-refractivity contribution < 1.29 is 0 Å². The quantitative estimate of drug-likeness (QED) is 0.859. The molecule has 0 spiro atoms. The number of aromatic nitrogens is 3. The minimum absolute atomic E-state index is 0.448. The highest BCUT2D eigenvalue weighted by molar-refractivity contribution is 5.30. The van der Waals surface area contributed by atoms with Gasteiger partial charge in [-0.05, 0) is 19.1 Å². The Labute approximate surface area is 99.2 Å². The molecule has 5 heteroatoms. The Bertz CT molecular complexity index is 542. The maximum atomic E-state index is 8.61. The van der Waals surface area contributed by atoms with Gasteiger partial charge in [-0.3, -0.25) is 4.98 Å². The van der Waals surface area contributed by atoms with Gasteiger partial charge in [0.25, 0.3) is 0 Å². The van der Waals surface area contributed by atoms with Crippen LogP contribution in [0.3, 0.4) is 0 Å². The minimum atomic E-state index is 0.448. The zero-order chi connectivity index (χ0) is 12.1.